The van der Waals surface area contributed by atoms with Gasteiger partial charge >= 0.3 is 12.1 Å². The van der Waals surface area contributed by atoms with E-state index in [0.717, 1.165) is 11.1 Å². The number of aliphatic carboxylic acids is 1. The highest BCUT2D eigenvalue weighted by atomic mass is 16.5. The number of fused-ring (bicyclic) bond motifs is 3. The van der Waals surface area contributed by atoms with Gasteiger partial charge in [-0.2, -0.15) is 0 Å². The van der Waals surface area contributed by atoms with Crippen LogP contribution >= 0.6 is 0 Å². The quantitative estimate of drug-likeness (QED) is 0.568. The highest BCUT2D eigenvalue weighted by molar-refractivity contribution is 5.81. The Morgan fingerprint density at radius 2 is 1.73 bits per heavy atom. The van der Waals surface area contributed by atoms with Crippen LogP contribution in [0.3, 0.4) is 0 Å². The Morgan fingerprint density at radius 3 is 2.36 bits per heavy atom. The Kier molecular flexibility index (Phi) is 6.93. The number of carbonyl (C=O) groups excluding carboxylic acids is 2. The average molecular weight is 453 g/mol. The molecule has 2 aromatic carbocycles. The molecule has 2 aliphatic rings. The second-order valence-corrected chi connectivity index (χ2v) is 8.48. The van der Waals surface area contributed by atoms with Crippen molar-refractivity contribution in [3.05, 3.63) is 59.7 Å². The van der Waals surface area contributed by atoms with Crippen molar-refractivity contribution >= 4 is 18.0 Å². The minimum Gasteiger partial charge on any atom is -0.479 e. The molecule has 4 rings (SSSR count). The fraction of sp³-hybridized carbons (Fsp3) is 0.400. The Morgan fingerprint density at radius 1 is 1.09 bits per heavy atom. The first kappa shape index (κ1) is 22.8. The second-order valence-electron chi connectivity index (χ2n) is 8.48. The minimum absolute atomic E-state index is 0.0105. The standard InChI is InChI=1S/C25H28N2O6/c1-15(23(28)27-21-11-13-32-22(21)24(29)30)10-12-26-25(31)33-14-20-18-8-4-2-6-16(18)17-7-3-5-9-19(17)20/h2-9,15,20-22H,10-14H2,1H3,(H,26,31)(H,27,28)(H,29,30)/t15?,21-,22+/m1/s1. The van der Waals surface area contributed by atoms with Crippen molar-refractivity contribution in [2.45, 2.75) is 37.8 Å². The summed E-state index contributed by atoms with van der Waals surface area (Å²) in [5.74, 6) is -1.74. The van der Waals surface area contributed by atoms with Gasteiger partial charge in [0.1, 0.15) is 6.61 Å². The summed E-state index contributed by atoms with van der Waals surface area (Å²) in [6.45, 7) is 2.54. The van der Waals surface area contributed by atoms with Crippen LogP contribution in [0, 0.1) is 5.92 Å². The molecule has 3 atom stereocenters. The van der Waals surface area contributed by atoms with Crippen LogP contribution in [-0.2, 0) is 19.1 Å². The van der Waals surface area contributed by atoms with Gasteiger partial charge in [0, 0.05) is 25.0 Å². The molecule has 1 saturated heterocycles. The van der Waals surface area contributed by atoms with Gasteiger partial charge in [0.25, 0.3) is 0 Å². The summed E-state index contributed by atoms with van der Waals surface area (Å²) in [6.07, 6.45) is -0.672. The van der Waals surface area contributed by atoms with E-state index in [-0.39, 0.29) is 25.0 Å². The lowest BCUT2D eigenvalue weighted by molar-refractivity contribution is -0.148. The van der Waals surface area contributed by atoms with E-state index in [1.165, 1.54) is 11.1 Å². The molecule has 0 bridgehead atoms. The third-order valence-electron chi connectivity index (χ3n) is 6.30. The zero-order chi connectivity index (χ0) is 23.4. The zero-order valence-electron chi connectivity index (χ0n) is 18.5. The average Bonchev–Trinajstić information content (AvgIpc) is 3.40. The van der Waals surface area contributed by atoms with Gasteiger partial charge in [-0.1, -0.05) is 55.5 Å². The fourth-order valence-electron chi connectivity index (χ4n) is 4.48. The zero-order valence-corrected chi connectivity index (χ0v) is 18.5. The number of hydrogen-bond acceptors (Lipinski definition) is 5. The molecule has 1 aliphatic carbocycles. The Balaban J connectivity index is 1.23. The number of benzene rings is 2. The molecule has 8 nitrogen and oxygen atoms in total. The lowest BCUT2D eigenvalue weighted by Gasteiger charge is -2.19. The SMILES string of the molecule is CC(CCNC(=O)OCC1c2ccccc2-c2ccccc21)C(=O)N[C@@H]1CCO[C@@H]1C(=O)O. The lowest BCUT2D eigenvalue weighted by atomic mass is 9.98. The molecule has 1 heterocycles. The Hall–Kier alpha value is -3.39. The molecule has 174 valence electrons. The van der Waals surface area contributed by atoms with Gasteiger partial charge in [-0.25, -0.2) is 9.59 Å². The summed E-state index contributed by atoms with van der Waals surface area (Å²) in [4.78, 5) is 35.8. The van der Waals surface area contributed by atoms with Gasteiger partial charge in [0.2, 0.25) is 5.91 Å². The van der Waals surface area contributed by atoms with Crippen LogP contribution in [0.2, 0.25) is 0 Å². The normalized spacial score (nSPS) is 19.9. The van der Waals surface area contributed by atoms with Crippen molar-refractivity contribution in [2.75, 3.05) is 19.8 Å². The molecule has 33 heavy (non-hydrogen) atoms. The first-order valence-electron chi connectivity index (χ1n) is 11.2. The number of rotatable bonds is 8. The number of hydrogen-bond donors (Lipinski definition) is 3. The summed E-state index contributed by atoms with van der Waals surface area (Å²) < 4.78 is 10.6. The topological polar surface area (TPSA) is 114 Å². The summed E-state index contributed by atoms with van der Waals surface area (Å²) in [6, 6.07) is 15.7. The number of ether oxygens (including phenoxy) is 2. The minimum atomic E-state index is -1.08. The number of carbonyl (C=O) groups is 3. The molecular weight excluding hydrogens is 424 g/mol. The van der Waals surface area contributed by atoms with E-state index in [4.69, 9.17) is 14.6 Å². The van der Waals surface area contributed by atoms with Gasteiger partial charge in [0.05, 0.1) is 6.04 Å². The lowest BCUT2D eigenvalue weighted by Crippen LogP contribution is -2.46. The first-order valence-corrected chi connectivity index (χ1v) is 11.2. The van der Waals surface area contributed by atoms with E-state index in [2.05, 4.69) is 34.9 Å². The monoisotopic (exact) mass is 452 g/mol. The van der Waals surface area contributed by atoms with Crippen LogP contribution in [-0.4, -0.2) is 55.0 Å². The molecule has 0 spiro atoms. The maximum atomic E-state index is 12.4. The van der Waals surface area contributed by atoms with Crippen molar-refractivity contribution in [3.63, 3.8) is 0 Å². The van der Waals surface area contributed by atoms with Crippen LogP contribution in [0.4, 0.5) is 4.79 Å². The Labute approximate surface area is 192 Å². The van der Waals surface area contributed by atoms with E-state index in [1.807, 2.05) is 24.3 Å². The number of nitrogens with one attached hydrogen (secondary N) is 2. The number of amides is 2. The van der Waals surface area contributed by atoms with E-state index in [9.17, 15) is 14.4 Å². The summed E-state index contributed by atoms with van der Waals surface area (Å²) >= 11 is 0. The molecule has 2 aromatic rings. The summed E-state index contributed by atoms with van der Waals surface area (Å²) in [5, 5.41) is 14.6. The molecule has 8 heteroatoms. The molecule has 1 aliphatic heterocycles. The first-order chi connectivity index (χ1) is 16.0. The largest absolute Gasteiger partial charge is 0.479 e. The Bertz CT molecular complexity index is 994. The molecular formula is C25H28N2O6. The maximum Gasteiger partial charge on any atom is 0.407 e. The third-order valence-corrected chi connectivity index (χ3v) is 6.30. The molecule has 0 saturated carbocycles. The number of alkyl carbamates (subject to hydrolysis) is 1. The predicted molar refractivity (Wildman–Crippen MR) is 121 cm³/mol. The smallest absolute Gasteiger partial charge is 0.407 e. The van der Waals surface area contributed by atoms with Gasteiger partial charge in [0.15, 0.2) is 6.10 Å². The number of carboxylic acid groups (broad SMARTS) is 1. The van der Waals surface area contributed by atoms with E-state index >= 15 is 0 Å². The van der Waals surface area contributed by atoms with Gasteiger partial charge in [-0.05, 0) is 35.1 Å². The number of carboxylic acids is 1. The highest BCUT2D eigenvalue weighted by Crippen LogP contribution is 2.44. The second kappa shape index (κ2) is 10.0. The molecule has 2 amide bonds. The van der Waals surface area contributed by atoms with Crippen molar-refractivity contribution in [3.8, 4) is 11.1 Å². The maximum absolute atomic E-state index is 12.4. The van der Waals surface area contributed by atoms with Crippen LogP contribution in [0.1, 0.15) is 36.8 Å². The van der Waals surface area contributed by atoms with Gasteiger partial charge in [-0.15, -0.1) is 0 Å². The van der Waals surface area contributed by atoms with Crippen LogP contribution in [0.15, 0.2) is 48.5 Å². The molecule has 0 radical (unpaired) electrons. The van der Waals surface area contributed by atoms with Crippen LogP contribution in [0.5, 0.6) is 0 Å². The van der Waals surface area contributed by atoms with Crippen molar-refractivity contribution < 1.29 is 29.0 Å². The van der Waals surface area contributed by atoms with Crippen molar-refractivity contribution in [1.29, 1.82) is 0 Å². The van der Waals surface area contributed by atoms with Crippen LogP contribution < -0.4 is 10.6 Å². The molecule has 0 aromatic heterocycles. The predicted octanol–water partition coefficient (Wildman–Crippen LogP) is 2.91. The highest BCUT2D eigenvalue weighted by Gasteiger charge is 2.35. The van der Waals surface area contributed by atoms with E-state index < -0.39 is 30.1 Å². The molecule has 3 N–H and O–H groups in total. The van der Waals surface area contributed by atoms with Gasteiger partial charge in [-0.3, -0.25) is 4.79 Å². The third kappa shape index (κ3) is 5.01. The van der Waals surface area contributed by atoms with E-state index in [1.54, 1.807) is 6.92 Å². The fourth-order valence-corrected chi connectivity index (χ4v) is 4.48. The van der Waals surface area contributed by atoms with Crippen LogP contribution in [0.25, 0.3) is 11.1 Å². The summed E-state index contributed by atoms with van der Waals surface area (Å²) in [7, 11) is 0. The van der Waals surface area contributed by atoms with Crippen molar-refractivity contribution in [1.82, 2.24) is 10.6 Å². The molecule has 1 fully saturated rings. The van der Waals surface area contributed by atoms with Gasteiger partial charge < -0.3 is 25.2 Å². The molecule has 1 unspecified atom stereocenters. The van der Waals surface area contributed by atoms with E-state index in [0.29, 0.717) is 19.4 Å². The van der Waals surface area contributed by atoms with Crippen molar-refractivity contribution in [2.24, 2.45) is 5.92 Å². The summed E-state index contributed by atoms with van der Waals surface area (Å²) in [5.41, 5.74) is 4.62.